The number of hydrogen-bond donors (Lipinski definition) is 2. The number of nitrogen functional groups attached to an aromatic ring is 1. The van der Waals surface area contributed by atoms with Crippen LogP contribution in [0.4, 0.5) is 5.69 Å². The lowest BCUT2D eigenvalue weighted by Gasteiger charge is -2.09. The van der Waals surface area contributed by atoms with Gasteiger partial charge < -0.3 is 15.6 Å². The van der Waals surface area contributed by atoms with E-state index in [1.807, 2.05) is 24.3 Å². The van der Waals surface area contributed by atoms with Gasteiger partial charge in [0.15, 0.2) is 0 Å². The van der Waals surface area contributed by atoms with E-state index in [1.165, 1.54) is 0 Å². The fourth-order valence-corrected chi connectivity index (χ4v) is 1.70. The van der Waals surface area contributed by atoms with Gasteiger partial charge >= 0.3 is 0 Å². The van der Waals surface area contributed by atoms with E-state index >= 15 is 0 Å². The molecular weight excluding hydrogens is 250 g/mol. The quantitative estimate of drug-likeness (QED) is 0.834. The number of hydrogen-bond acceptors (Lipinski definition) is 3. The highest BCUT2D eigenvalue weighted by atomic mass is 35.5. The normalized spacial score (nSPS) is 10.3. The van der Waals surface area contributed by atoms with Gasteiger partial charge in [0.25, 0.3) is 0 Å². The Morgan fingerprint density at radius 3 is 2.39 bits per heavy atom. The molecule has 3 N–H and O–H groups in total. The van der Waals surface area contributed by atoms with Gasteiger partial charge in [-0.1, -0.05) is 35.9 Å². The number of nitrogens with two attached hydrogens (primary N) is 1. The van der Waals surface area contributed by atoms with Crippen molar-refractivity contribution < 1.29 is 9.84 Å². The Morgan fingerprint density at radius 1 is 1.06 bits per heavy atom. The average Bonchev–Trinajstić information content (AvgIpc) is 2.40. The fraction of sp³-hybridized carbons (Fsp3) is 0.143. The monoisotopic (exact) mass is 263 g/mol. The Labute approximate surface area is 111 Å². The maximum Gasteiger partial charge on any atom is 0.144 e. The van der Waals surface area contributed by atoms with Gasteiger partial charge in [-0.3, -0.25) is 0 Å². The molecule has 0 radical (unpaired) electrons. The number of benzene rings is 2. The Hall–Kier alpha value is -1.71. The third kappa shape index (κ3) is 3.15. The van der Waals surface area contributed by atoms with Crippen LogP contribution in [0.1, 0.15) is 11.1 Å². The summed E-state index contributed by atoms with van der Waals surface area (Å²) in [6.45, 7) is 0.457. The second-order valence-electron chi connectivity index (χ2n) is 3.95. The van der Waals surface area contributed by atoms with Gasteiger partial charge in [-0.15, -0.1) is 0 Å². The summed E-state index contributed by atoms with van der Waals surface area (Å²) in [5.41, 5.74) is 8.23. The van der Waals surface area contributed by atoms with Crippen LogP contribution in [-0.2, 0) is 13.2 Å². The number of ether oxygens (including phenoxy) is 1. The lowest BCUT2D eigenvalue weighted by Crippen LogP contribution is -1.99. The van der Waals surface area contributed by atoms with Crippen LogP contribution in [0.15, 0.2) is 42.5 Å². The zero-order valence-corrected chi connectivity index (χ0v) is 10.5. The van der Waals surface area contributed by atoms with Crippen molar-refractivity contribution in [1.29, 1.82) is 0 Å². The molecule has 2 aromatic rings. The van der Waals surface area contributed by atoms with Gasteiger partial charge in [-0.2, -0.15) is 0 Å². The molecule has 0 saturated carbocycles. The third-order valence-corrected chi connectivity index (χ3v) is 2.81. The van der Waals surface area contributed by atoms with Gasteiger partial charge in [0, 0.05) is 11.1 Å². The highest BCUT2D eigenvalue weighted by Crippen LogP contribution is 2.26. The second-order valence-corrected chi connectivity index (χ2v) is 4.38. The highest BCUT2D eigenvalue weighted by molar-refractivity contribution is 6.30. The average molecular weight is 264 g/mol. The molecule has 0 aliphatic heterocycles. The molecule has 0 fully saturated rings. The summed E-state index contributed by atoms with van der Waals surface area (Å²) in [5.74, 6) is 0.578. The summed E-state index contributed by atoms with van der Waals surface area (Å²) in [6.07, 6.45) is 0. The van der Waals surface area contributed by atoms with Crippen LogP contribution in [0.5, 0.6) is 5.75 Å². The molecule has 0 aromatic heterocycles. The van der Waals surface area contributed by atoms with Crippen molar-refractivity contribution in [2.45, 2.75) is 13.2 Å². The molecular formula is C14H14ClNO2. The van der Waals surface area contributed by atoms with Crippen LogP contribution >= 0.6 is 11.6 Å². The van der Waals surface area contributed by atoms with Crippen molar-refractivity contribution in [3.05, 3.63) is 58.6 Å². The number of rotatable bonds is 4. The van der Waals surface area contributed by atoms with Crippen molar-refractivity contribution in [1.82, 2.24) is 0 Å². The smallest absolute Gasteiger partial charge is 0.144 e. The summed E-state index contributed by atoms with van der Waals surface area (Å²) in [5, 5.41) is 9.53. The first kappa shape index (κ1) is 12.7. The van der Waals surface area contributed by atoms with E-state index in [0.717, 1.165) is 11.1 Å². The molecule has 4 heteroatoms. The third-order valence-electron chi connectivity index (χ3n) is 2.58. The summed E-state index contributed by atoms with van der Waals surface area (Å²) in [7, 11) is 0. The number of halogens is 1. The van der Waals surface area contributed by atoms with Gasteiger partial charge in [0.05, 0.1) is 12.3 Å². The summed E-state index contributed by atoms with van der Waals surface area (Å²) in [6, 6.07) is 12.7. The van der Waals surface area contributed by atoms with Gasteiger partial charge in [-0.25, -0.2) is 0 Å². The first-order valence-electron chi connectivity index (χ1n) is 5.55. The minimum Gasteiger partial charge on any atom is -0.487 e. The van der Waals surface area contributed by atoms with Crippen LogP contribution in [0.3, 0.4) is 0 Å². The Balaban J connectivity index is 2.04. The molecule has 0 bridgehead atoms. The van der Waals surface area contributed by atoms with Crippen LogP contribution in [0, 0.1) is 0 Å². The first-order valence-corrected chi connectivity index (χ1v) is 5.93. The molecule has 0 amide bonds. The highest BCUT2D eigenvalue weighted by Gasteiger charge is 2.02. The van der Waals surface area contributed by atoms with Crippen LogP contribution in [0.2, 0.25) is 5.02 Å². The van der Waals surface area contributed by atoms with Gasteiger partial charge in [0.2, 0.25) is 0 Å². The molecule has 0 atom stereocenters. The summed E-state index contributed by atoms with van der Waals surface area (Å²) < 4.78 is 5.61. The molecule has 0 aliphatic carbocycles. The van der Waals surface area contributed by atoms with E-state index in [0.29, 0.717) is 23.1 Å². The van der Waals surface area contributed by atoms with E-state index in [1.54, 1.807) is 18.2 Å². The second kappa shape index (κ2) is 5.76. The number of aliphatic hydroxyl groups is 1. The first-order chi connectivity index (χ1) is 8.69. The molecule has 0 heterocycles. The standard InChI is InChI=1S/C14H14ClNO2/c15-12-5-6-13(16)14(7-12)18-9-11-3-1-10(8-17)2-4-11/h1-7,17H,8-9,16H2. The van der Waals surface area contributed by atoms with E-state index < -0.39 is 0 Å². The summed E-state index contributed by atoms with van der Waals surface area (Å²) in [4.78, 5) is 0. The lowest BCUT2D eigenvalue weighted by atomic mass is 10.1. The van der Waals surface area contributed by atoms with Crippen molar-refractivity contribution in [2.75, 3.05) is 5.73 Å². The van der Waals surface area contributed by atoms with Crippen LogP contribution in [-0.4, -0.2) is 5.11 Å². The molecule has 0 saturated heterocycles. The zero-order chi connectivity index (χ0) is 13.0. The molecule has 94 valence electrons. The largest absolute Gasteiger partial charge is 0.487 e. The Kier molecular flexibility index (Phi) is 4.07. The summed E-state index contributed by atoms with van der Waals surface area (Å²) >= 11 is 5.87. The van der Waals surface area contributed by atoms with Crippen molar-refractivity contribution in [2.24, 2.45) is 0 Å². The zero-order valence-electron chi connectivity index (χ0n) is 9.77. The minimum atomic E-state index is 0.0440. The van der Waals surface area contributed by atoms with E-state index in [9.17, 15) is 0 Å². The van der Waals surface area contributed by atoms with E-state index in [2.05, 4.69) is 0 Å². The van der Waals surface area contributed by atoms with Crippen molar-refractivity contribution in [3.8, 4) is 5.75 Å². The van der Waals surface area contributed by atoms with Gasteiger partial charge in [0.1, 0.15) is 12.4 Å². The molecule has 0 unspecified atom stereocenters. The van der Waals surface area contributed by atoms with Crippen LogP contribution in [0.25, 0.3) is 0 Å². The maximum atomic E-state index is 8.94. The maximum absolute atomic E-state index is 8.94. The SMILES string of the molecule is Nc1ccc(Cl)cc1OCc1ccc(CO)cc1. The number of aliphatic hydroxyl groups excluding tert-OH is 1. The van der Waals surface area contributed by atoms with E-state index in [-0.39, 0.29) is 6.61 Å². The number of anilines is 1. The van der Waals surface area contributed by atoms with Crippen molar-refractivity contribution in [3.63, 3.8) is 0 Å². The Morgan fingerprint density at radius 2 is 1.72 bits per heavy atom. The molecule has 0 aliphatic rings. The predicted octanol–water partition coefficient (Wildman–Crippen LogP) is 2.99. The predicted molar refractivity (Wildman–Crippen MR) is 72.6 cm³/mol. The topological polar surface area (TPSA) is 55.5 Å². The van der Waals surface area contributed by atoms with Gasteiger partial charge in [-0.05, 0) is 23.3 Å². The lowest BCUT2D eigenvalue weighted by molar-refractivity contribution is 0.281. The molecule has 0 spiro atoms. The van der Waals surface area contributed by atoms with E-state index in [4.69, 9.17) is 27.2 Å². The van der Waals surface area contributed by atoms with Crippen LogP contribution < -0.4 is 10.5 Å². The molecule has 2 rings (SSSR count). The Bertz CT molecular complexity index is 526. The minimum absolute atomic E-state index is 0.0440. The fourth-order valence-electron chi connectivity index (χ4n) is 1.54. The molecule has 18 heavy (non-hydrogen) atoms. The van der Waals surface area contributed by atoms with Crippen molar-refractivity contribution >= 4 is 17.3 Å². The molecule has 2 aromatic carbocycles. The molecule has 3 nitrogen and oxygen atoms in total.